The Bertz CT molecular complexity index is 1400. The molecule has 0 radical (unpaired) electrons. The Morgan fingerprint density at radius 2 is 1.79 bits per heavy atom. The number of hydrogen-bond donors (Lipinski definition) is 1. The van der Waals surface area contributed by atoms with Gasteiger partial charge in [-0.25, -0.2) is 0 Å². The van der Waals surface area contributed by atoms with Crippen LogP contribution in [-0.4, -0.2) is 7.11 Å². The van der Waals surface area contributed by atoms with Gasteiger partial charge in [0.15, 0.2) is 16.9 Å². The number of ether oxygens (including phenoxy) is 2. The van der Waals surface area contributed by atoms with Crippen LogP contribution in [0.1, 0.15) is 50.7 Å². The first-order valence-corrected chi connectivity index (χ1v) is 13.4. The van der Waals surface area contributed by atoms with Crippen molar-refractivity contribution in [2.75, 3.05) is 7.11 Å². The fraction of sp³-hybridized carbons (Fsp3) is 0.387. The summed E-state index contributed by atoms with van der Waals surface area (Å²) >= 11 is 3.65. The lowest BCUT2D eigenvalue weighted by molar-refractivity contribution is 0.170. The second-order valence-corrected chi connectivity index (χ2v) is 11.9. The SMILES string of the molecule is COc1cc([C@@H]2[C@H]3C[C@@H](C(C)(C)C)CC=C3C(C#N)=C(N)C2(C#N)C#N)cc(Br)c1OCc1ccccc1. The number of nitrogens with zero attached hydrogens (tertiary/aromatic N) is 3. The molecule has 0 saturated heterocycles. The first kappa shape index (κ1) is 27.3. The quantitative estimate of drug-likeness (QED) is 0.417. The van der Waals surface area contributed by atoms with Gasteiger partial charge in [-0.3, -0.25) is 0 Å². The number of methoxy groups -OCH3 is 1. The van der Waals surface area contributed by atoms with Crippen molar-refractivity contribution >= 4 is 15.9 Å². The summed E-state index contributed by atoms with van der Waals surface area (Å²) in [5, 5.41) is 30.9. The Balaban J connectivity index is 1.87. The molecule has 2 aromatic rings. The lowest BCUT2D eigenvalue weighted by Crippen LogP contribution is -2.44. The monoisotopic (exact) mass is 570 g/mol. The van der Waals surface area contributed by atoms with Crippen molar-refractivity contribution in [3.8, 4) is 29.7 Å². The summed E-state index contributed by atoms with van der Waals surface area (Å²) in [5.41, 5.74) is 7.66. The molecule has 194 valence electrons. The van der Waals surface area contributed by atoms with E-state index >= 15 is 0 Å². The zero-order valence-electron chi connectivity index (χ0n) is 22.1. The predicted molar refractivity (Wildman–Crippen MR) is 148 cm³/mol. The molecular formula is C31H31BrN4O2. The highest BCUT2D eigenvalue weighted by Gasteiger charge is 2.55. The van der Waals surface area contributed by atoms with Gasteiger partial charge in [-0.2, -0.15) is 15.8 Å². The van der Waals surface area contributed by atoms with E-state index < -0.39 is 11.3 Å². The van der Waals surface area contributed by atoms with Crippen LogP contribution in [0.25, 0.3) is 0 Å². The maximum atomic E-state index is 10.5. The standard InChI is InChI=1S/C31H31BrN4O2/c1-30(2,3)21-10-11-22-23(14-21)27(31(17-34,18-35)29(36)24(22)15-33)20-12-25(32)28(26(13-20)37-4)38-16-19-8-6-5-7-9-19/h5-9,11-13,21,23,27H,10,14,16,36H2,1-4H3/t21-,23-,27+/m0/s1. The van der Waals surface area contributed by atoms with Crippen molar-refractivity contribution in [2.24, 2.45) is 28.4 Å². The molecule has 0 bridgehead atoms. The number of rotatable bonds is 5. The second-order valence-electron chi connectivity index (χ2n) is 11.0. The third kappa shape index (κ3) is 4.66. The van der Waals surface area contributed by atoms with Gasteiger partial charge >= 0.3 is 0 Å². The van der Waals surface area contributed by atoms with Gasteiger partial charge in [0, 0.05) is 5.92 Å². The summed E-state index contributed by atoms with van der Waals surface area (Å²) in [4.78, 5) is 0. The van der Waals surface area contributed by atoms with Crippen LogP contribution < -0.4 is 15.2 Å². The van der Waals surface area contributed by atoms with Gasteiger partial charge in [-0.1, -0.05) is 57.2 Å². The minimum atomic E-state index is -1.70. The van der Waals surface area contributed by atoms with Gasteiger partial charge in [0.25, 0.3) is 0 Å². The number of hydrogen-bond acceptors (Lipinski definition) is 6. The number of nitrogens with two attached hydrogens (primary N) is 1. The molecule has 7 heteroatoms. The summed E-state index contributed by atoms with van der Waals surface area (Å²) in [5.74, 6) is 0.495. The summed E-state index contributed by atoms with van der Waals surface area (Å²) < 4.78 is 12.5. The fourth-order valence-electron chi connectivity index (χ4n) is 5.76. The van der Waals surface area contributed by atoms with E-state index in [1.165, 1.54) is 0 Å². The third-order valence-corrected chi connectivity index (χ3v) is 8.53. The van der Waals surface area contributed by atoms with Crippen LogP contribution in [0.3, 0.4) is 0 Å². The van der Waals surface area contributed by atoms with E-state index in [2.05, 4.69) is 61.0 Å². The largest absolute Gasteiger partial charge is 0.493 e. The molecule has 4 rings (SSSR count). The van der Waals surface area contributed by atoms with E-state index in [1.54, 1.807) is 7.11 Å². The van der Waals surface area contributed by atoms with E-state index in [1.807, 2.05) is 42.5 Å². The molecule has 2 N–H and O–H groups in total. The smallest absolute Gasteiger partial charge is 0.191 e. The molecule has 2 aromatic carbocycles. The van der Waals surface area contributed by atoms with Crippen LogP contribution in [0.2, 0.25) is 0 Å². The molecule has 0 amide bonds. The van der Waals surface area contributed by atoms with Crippen molar-refractivity contribution in [3.05, 3.63) is 81.0 Å². The number of benzene rings is 2. The van der Waals surface area contributed by atoms with Gasteiger partial charge in [-0.05, 0) is 74.9 Å². The topological polar surface area (TPSA) is 116 Å². The number of nitriles is 3. The highest BCUT2D eigenvalue weighted by Crippen LogP contribution is 2.59. The molecule has 0 unspecified atom stereocenters. The van der Waals surface area contributed by atoms with Gasteiger partial charge in [0.2, 0.25) is 0 Å². The van der Waals surface area contributed by atoms with Crippen LogP contribution in [0.15, 0.2) is 69.9 Å². The molecule has 2 aliphatic carbocycles. The average Bonchev–Trinajstić information content (AvgIpc) is 2.91. The molecule has 38 heavy (non-hydrogen) atoms. The molecular weight excluding hydrogens is 540 g/mol. The summed E-state index contributed by atoms with van der Waals surface area (Å²) in [7, 11) is 1.56. The molecule has 0 aromatic heterocycles. The molecule has 0 saturated carbocycles. The number of fused-ring (bicyclic) bond motifs is 1. The lowest BCUT2D eigenvalue weighted by atomic mass is 9.54. The van der Waals surface area contributed by atoms with Crippen molar-refractivity contribution in [2.45, 2.75) is 46.1 Å². The molecule has 0 fully saturated rings. The van der Waals surface area contributed by atoms with E-state index in [4.69, 9.17) is 15.2 Å². The Hall–Kier alpha value is -3.73. The van der Waals surface area contributed by atoms with Crippen LogP contribution in [0.4, 0.5) is 0 Å². The Morgan fingerprint density at radius 1 is 1.11 bits per heavy atom. The maximum Gasteiger partial charge on any atom is 0.191 e. The van der Waals surface area contributed by atoms with Crippen LogP contribution in [0, 0.1) is 56.7 Å². The predicted octanol–water partition coefficient (Wildman–Crippen LogP) is 6.90. The first-order chi connectivity index (χ1) is 18.1. The number of allylic oxidation sites excluding steroid dienone is 4. The zero-order chi connectivity index (χ0) is 27.7. The average molecular weight is 572 g/mol. The molecule has 3 atom stereocenters. The van der Waals surface area contributed by atoms with Gasteiger partial charge in [-0.15, -0.1) is 0 Å². The highest BCUT2D eigenvalue weighted by molar-refractivity contribution is 9.10. The van der Waals surface area contributed by atoms with Crippen molar-refractivity contribution in [1.82, 2.24) is 0 Å². The second kappa shape index (κ2) is 10.6. The van der Waals surface area contributed by atoms with E-state index in [9.17, 15) is 15.8 Å². The maximum absolute atomic E-state index is 10.5. The lowest BCUT2D eigenvalue weighted by Gasteiger charge is -2.47. The van der Waals surface area contributed by atoms with Crippen LogP contribution in [0.5, 0.6) is 11.5 Å². The van der Waals surface area contributed by atoms with Gasteiger partial charge < -0.3 is 15.2 Å². The minimum absolute atomic E-state index is 0.0153. The van der Waals surface area contributed by atoms with Crippen LogP contribution >= 0.6 is 15.9 Å². The van der Waals surface area contributed by atoms with E-state index in [0.717, 1.165) is 29.5 Å². The molecule has 0 aliphatic heterocycles. The van der Waals surface area contributed by atoms with Gasteiger partial charge in [0.1, 0.15) is 12.7 Å². The van der Waals surface area contributed by atoms with E-state index in [0.29, 0.717) is 28.5 Å². The summed E-state index contributed by atoms with van der Waals surface area (Å²) in [6.45, 7) is 6.95. The zero-order valence-corrected chi connectivity index (χ0v) is 23.7. The minimum Gasteiger partial charge on any atom is -0.493 e. The van der Waals surface area contributed by atoms with Crippen LogP contribution in [-0.2, 0) is 6.61 Å². The van der Waals surface area contributed by atoms with Crippen molar-refractivity contribution in [1.29, 1.82) is 15.8 Å². The Labute approximate surface area is 233 Å². The normalized spacial score (nSPS) is 22.3. The molecule has 0 heterocycles. The molecule has 0 spiro atoms. The highest BCUT2D eigenvalue weighted by atomic mass is 79.9. The summed E-state index contributed by atoms with van der Waals surface area (Å²) in [6, 6.07) is 20.2. The van der Waals surface area contributed by atoms with Gasteiger partial charge in [0.05, 0.1) is 35.0 Å². The summed E-state index contributed by atoms with van der Waals surface area (Å²) in [6.07, 6.45) is 3.63. The fourth-order valence-corrected chi connectivity index (χ4v) is 6.34. The van der Waals surface area contributed by atoms with E-state index in [-0.39, 0.29) is 22.6 Å². The van der Waals surface area contributed by atoms with Crippen molar-refractivity contribution in [3.63, 3.8) is 0 Å². The third-order valence-electron chi connectivity index (χ3n) is 7.94. The Morgan fingerprint density at radius 3 is 2.37 bits per heavy atom. The molecule has 2 aliphatic rings. The Kier molecular flexibility index (Phi) is 7.59. The van der Waals surface area contributed by atoms with Crippen molar-refractivity contribution < 1.29 is 9.47 Å². The first-order valence-electron chi connectivity index (χ1n) is 12.6. The number of halogens is 1. The molecule has 6 nitrogen and oxygen atoms in total.